The molecule has 9 nitrogen and oxygen atoms in total. The van der Waals surface area contributed by atoms with E-state index in [0.29, 0.717) is 13.0 Å². The first-order valence-electron chi connectivity index (χ1n) is 10.8. The second kappa shape index (κ2) is 8.77. The zero-order valence-corrected chi connectivity index (χ0v) is 20.1. The topological polar surface area (TPSA) is 132 Å². The Hall–Kier alpha value is -3.22. The Balaban J connectivity index is 1.63. The molecule has 2 aromatic rings. The minimum atomic E-state index is -2.85. The number of hydrogen-bond donors (Lipinski definition) is 2. The summed E-state index contributed by atoms with van der Waals surface area (Å²) < 4.78 is 61.7. The summed E-state index contributed by atoms with van der Waals surface area (Å²) >= 11 is 0. The van der Waals surface area contributed by atoms with E-state index >= 15 is 4.39 Å². The van der Waals surface area contributed by atoms with Crippen LogP contribution in [-0.4, -0.2) is 55.5 Å². The third kappa shape index (κ3) is 4.21. The van der Waals surface area contributed by atoms with Gasteiger partial charge in [0, 0.05) is 17.8 Å². The van der Waals surface area contributed by atoms with E-state index < -0.39 is 50.0 Å². The molecule has 1 unspecified atom stereocenters. The average molecular weight is 511 g/mol. The van der Waals surface area contributed by atoms with E-state index in [1.165, 1.54) is 18.2 Å². The smallest absolute Gasteiger partial charge is 0.275 e. The quantitative estimate of drug-likeness (QED) is 0.614. The zero-order chi connectivity index (χ0) is 25.6. The van der Waals surface area contributed by atoms with Gasteiger partial charge in [0.1, 0.15) is 27.6 Å². The van der Waals surface area contributed by atoms with Crippen molar-refractivity contribution in [3.05, 3.63) is 47.7 Å². The van der Waals surface area contributed by atoms with E-state index in [1.807, 2.05) is 0 Å². The molecule has 0 radical (unpaired) electrons. The molecule has 2 aliphatic rings. The number of amides is 1. The van der Waals surface area contributed by atoms with Gasteiger partial charge in [-0.3, -0.25) is 9.79 Å². The number of halogens is 3. The Labute approximate surface area is 200 Å². The van der Waals surface area contributed by atoms with Crippen LogP contribution < -0.4 is 15.8 Å². The molecule has 3 heterocycles. The number of nitrogens with two attached hydrogens (primary N) is 1. The molecule has 0 aliphatic carbocycles. The lowest BCUT2D eigenvalue weighted by molar-refractivity contribution is 0.0792. The molecule has 1 aromatic carbocycles. The molecule has 188 valence electrons. The van der Waals surface area contributed by atoms with Gasteiger partial charge in [-0.25, -0.2) is 31.7 Å². The maximum atomic E-state index is 15.1. The number of ether oxygens (including phenoxy) is 1. The standard InChI is InChI=1S/C22H25F3N6O3S/c1-21(2)20(26)31-22(3,16-6-7-29-35(16,21)33)13-8-12(4-5-14(13)23)30-19(32)15-9-28-18(10-27-15)34-11-17(24)25/h4-5,8-10,16-17H,6-7,11H2,1-3H3,(H2,26,31)(H,30,32)/t16-,22+,35?/m0/s1. The van der Waals surface area contributed by atoms with E-state index in [9.17, 15) is 17.8 Å². The van der Waals surface area contributed by atoms with Gasteiger partial charge < -0.3 is 15.8 Å². The van der Waals surface area contributed by atoms with Crippen molar-refractivity contribution in [2.24, 2.45) is 15.1 Å². The van der Waals surface area contributed by atoms with Gasteiger partial charge in [0.05, 0.1) is 27.4 Å². The van der Waals surface area contributed by atoms with Crippen LogP contribution in [0.2, 0.25) is 0 Å². The summed E-state index contributed by atoms with van der Waals surface area (Å²) in [6, 6.07) is 3.97. The number of aromatic nitrogens is 2. The predicted octanol–water partition coefficient (Wildman–Crippen LogP) is 3.12. The lowest BCUT2D eigenvalue weighted by Gasteiger charge is -2.44. The first kappa shape index (κ1) is 24.9. The number of carbonyl (C=O) groups excluding carboxylic acids is 1. The number of nitrogens with zero attached hydrogens (tertiary/aromatic N) is 4. The van der Waals surface area contributed by atoms with Crippen LogP contribution >= 0.6 is 0 Å². The Kier molecular flexibility index (Phi) is 6.24. The van der Waals surface area contributed by atoms with Gasteiger partial charge in [-0.15, -0.1) is 0 Å². The molecule has 2 aliphatic heterocycles. The van der Waals surface area contributed by atoms with E-state index in [2.05, 4.69) is 24.6 Å². The number of benzene rings is 1. The summed E-state index contributed by atoms with van der Waals surface area (Å²) in [6.45, 7) is 4.65. The van der Waals surface area contributed by atoms with E-state index in [-0.39, 0.29) is 28.7 Å². The van der Waals surface area contributed by atoms with Crippen LogP contribution in [0.25, 0.3) is 0 Å². The van der Waals surface area contributed by atoms with Crippen LogP contribution in [0.15, 0.2) is 39.9 Å². The van der Waals surface area contributed by atoms with Crippen LogP contribution in [0.3, 0.4) is 0 Å². The van der Waals surface area contributed by atoms with Crippen molar-refractivity contribution >= 4 is 27.2 Å². The summed E-state index contributed by atoms with van der Waals surface area (Å²) in [6.07, 6.45) is -0.0852. The molecular weight excluding hydrogens is 485 g/mol. The van der Waals surface area contributed by atoms with Crippen LogP contribution in [-0.2, 0) is 15.3 Å². The Morgan fingerprint density at radius 2 is 2.03 bits per heavy atom. The fourth-order valence-electron chi connectivity index (χ4n) is 4.35. The van der Waals surface area contributed by atoms with Gasteiger partial charge in [0.2, 0.25) is 5.88 Å². The minimum Gasteiger partial charge on any atom is -0.470 e. The molecule has 13 heteroatoms. The average Bonchev–Trinajstić information content (AvgIpc) is 3.23. The molecule has 0 saturated heterocycles. The Morgan fingerprint density at radius 1 is 1.29 bits per heavy atom. The molecular formula is C22H25F3N6O3S. The molecule has 1 amide bonds. The highest BCUT2D eigenvalue weighted by atomic mass is 32.2. The monoisotopic (exact) mass is 510 g/mol. The normalized spacial score (nSPS) is 27.1. The molecule has 3 atom stereocenters. The molecule has 0 bridgehead atoms. The van der Waals surface area contributed by atoms with Crippen molar-refractivity contribution in [1.29, 1.82) is 0 Å². The van der Waals surface area contributed by atoms with Crippen molar-refractivity contribution in [2.45, 2.75) is 49.2 Å². The number of rotatable bonds is 6. The fourth-order valence-corrected chi connectivity index (χ4v) is 7.51. The van der Waals surface area contributed by atoms with Crippen LogP contribution in [0, 0.1) is 5.82 Å². The van der Waals surface area contributed by atoms with E-state index in [0.717, 1.165) is 12.4 Å². The number of hydrogen-bond acceptors (Lipinski definition) is 8. The van der Waals surface area contributed by atoms with Crippen molar-refractivity contribution in [3.8, 4) is 5.88 Å². The van der Waals surface area contributed by atoms with Gasteiger partial charge >= 0.3 is 0 Å². The van der Waals surface area contributed by atoms with Crippen molar-refractivity contribution in [2.75, 3.05) is 18.5 Å². The molecule has 1 aromatic heterocycles. The van der Waals surface area contributed by atoms with E-state index in [4.69, 9.17) is 10.5 Å². The van der Waals surface area contributed by atoms with Crippen LogP contribution in [0.1, 0.15) is 43.2 Å². The van der Waals surface area contributed by atoms with Gasteiger partial charge in [-0.1, -0.05) is 0 Å². The number of aliphatic imine (C=N–C) groups is 1. The first-order valence-corrected chi connectivity index (χ1v) is 12.4. The van der Waals surface area contributed by atoms with Gasteiger partial charge in [-0.05, 0) is 45.4 Å². The number of anilines is 1. The maximum absolute atomic E-state index is 15.1. The molecule has 0 saturated carbocycles. The highest BCUT2D eigenvalue weighted by Crippen LogP contribution is 2.48. The van der Waals surface area contributed by atoms with Crippen LogP contribution in [0.5, 0.6) is 5.88 Å². The molecule has 0 spiro atoms. The van der Waals surface area contributed by atoms with Crippen molar-refractivity contribution < 1.29 is 26.9 Å². The number of amidine groups is 1. The third-order valence-electron chi connectivity index (χ3n) is 6.38. The summed E-state index contributed by atoms with van der Waals surface area (Å²) in [7, 11) is -2.85. The SMILES string of the molecule is CC1(C)C(N)=N[C@](C)(c2cc(NC(=O)c3cnc(OCC(F)F)cn3)ccc2F)[C@@H]2CCN=S21=O. The molecule has 35 heavy (non-hydrogen) atoms. The Morgan fingerprint density at radius 3 is 2.69 bits per heavy atom. The van der Waals surface area contributed by atoms with Gasteiger partial charge in [-0.2, -0.15) is 0 Å². The number of fused-ring (bicyclic) bond motifs is 1. The summed E-state index contributed by atoms with van der Waals surface area (Å²) in [5.41, 5.74) is 5.22. The van der Waals surface area contributed by atoms with Crippen LogP contribution in [0.4, 0.5) is 18.9 Å². The summed E-state index contributed by atoms with van der Waals surface area (Å²) in [5.74, 6) is -1.27. The van der Waals surface area contributed by atoms with Gasteiger partial charge in [0.25, 0.3) is 12.3 Å². The second-order valence-corrected chi connectivity index (χ2v) is 11.9. The number of nitrogens with one attached hydrogen (secondary N) is 1. The first-order chi connectivity index (χ1) is 16.4. The largest absolute Gasteiger partial charge is 0.470 e. The zero-order valence-electron chi connectivity index (χ0n) is 19.3. The lowest BCUT2D eigenvalue weighted by atomic mass is 9.85. The maximum Gasteiger partial charge on any atom is 0.275 e. The summed E-state index contributed by atoms with van der Waals surface area (Å²) in [5, 5.41) is 2.04. The van der Waals surface area contributed by atoms with Crippen molar-refractivity contribution in [3.63, 3.8) is 0 Å². The third-order valence-corrected chi connectivity index (χ3v) is 10.1. The highest BCUT2D eigenvalue weighted by Gasteiger charge is 2.56. The molecule has 4 rings (SSSR count). The minimum absolute atomic E-state index is 0.106. The number of carbonyl (C=O) groups is 1. The second-order valence-electron chi connectivity index (χ2n) is 8.94. The molecule has 0 fully saturated rings. The Bertz CT molecular complexity index is 1310. The number of alkyl halides is 2. The predicted molar refractivity (Wildman–Crippen MR) is 125 cm³/mol. The molecule has 3 N–H and O–H groups in total. The fraction of sp³-hybridized carbons (Fsp3) is 0.455. The van der Waals surface area contributed by atoms with Crippen molar-refractivity contribution in [1.82, 2.24) is 9.97 Å². The summed E-state index contributed by atoms with van der Waals surface area (Å²) in [4.78, 5) is 24.9. The van der Waals surface area contributed by atoms with Gasteiger partial charge in [0.15, 0.2) is 6.61 Å². The lowest BCUT2D eigenvalue weighted by Crippen LogP contribution is -2.58. The highest BCUT2D eigenvalue weighted by molar-refractivity contribution is 7.96. The van der Waals surface area contributed by atoms with E-state index in [1.54, 1.807) is 20.8 Å².